The van der Waals surface area contributed by atoms with Crippen LogP contribution in [0.25, 0.3) is 0 Å². The van der Waals surface area contributed by atoms with Crippen LogP contribution in [0.2, 0.25) is 0 Å². The Kier molecular flexibility index (Phi) is 5.89. The molecule has 1 amide bonds. The fourth-order valence-electron chi connectivity index (χ4n) is 2.73. The number of rotatable bonds is 7. The van der Waals surface area contributed by atoms with Crippen molar-refractivity contribution < 1.29 is 27.6 Å². The minimum Gasteiger partial charge on any atom is -0.360 e. The predicted molar refractivity (Wildman–Crippen MR) is 111 cm³/mol. The van der Waals surface area contributed by atoms with Gasteiger partial charge in [0.2, 0.25) is 0 Å². The molecule has 0 unspecified atom stereocenters. The zero-order valence-electron chi connectivity index (χ0n) is 16.6. The Morgan fingerprint density at radius 3 is 2.03 bits per heavy atom. The third kappa shape index (κ3) is 4.70. The lowest BCUT2D eigenvalue weighted by atomic mass is 10.1. The molecule has 0 fully saturated rings. The minimum atomic E-state index is -3.97. The van der Waals surface area contributed by atoms with Gasteiger partial charge in [-0.05, 0) is 38.1 Å². The Balaban J connectivity index is 1.82. The molecule has 3 rings (SSSR count). The van der Waals surface area contributed by atoms with E-state index in [1.54, 1.807) is 6.92 Å². The van der Waals surface area contributed by atoms with Gasteiger partial charge in [0.05, 0.1) is 20.3 Å². The summed E-state index contributed by atoms with van der Waals surface area (Å²) in [4.78, 5) is 33.1. The molecule has 2 aromatic carbocycles. The van der Waals surface area contributed by atoms with Gasteiger partial charge >= 0.3 is 0 Å². The van der Waals surface area contributed by atoms with E-state index < -0.39 is 37.2 Å². The smallest absolute Gasteiger partial charge is 0.279 e. The third-order valence-corrected chi connectivity index (χ3v) is 5.67. The highest BCUT2D eigenvalue weighted by molar-refractivity contribution is 7.92. The maximum absolute atomic E-state index is 12.5. The Morgan fingerprint density at radius 2 is 1.56 bits per heavy atom. The van der Waals surface area contributed by atoms with E-state index in [1.165, 1.54) is 37.3 Å². The summed E-state index contributed by atoms with van der Waals surface area (Å²) in [6, 6.07) is 8.26. The number of aryl methyl sites for hydroxylation is 1. The van der Waals surface area contributed by atoms with Crippen LogP contribution < -0.4 is 10.0 Å². The number of hydrogen-bond acceptors (Lipinski definition) is 9. The first kappa shape index (κ1) is 22.4. The van der Waals surface area contributed by atoms with Crippen molar-refractivity contribution >= 4 is 38.8 Å². The molecule has 0 saturated heterocycles. The highest BCUT2D eigenvalue weighted by atomic mass is 32.2. The van der Waals surface area contributed by atoms with Gasteiger partial charge in [0.15, 0.2) is 5.82 Å². The summed E-state index contributed by atoms with van der Waals surface area (Å²) in [6.45, 7) is 2.81. The van der Waals surface area contributed by atoms with Gasteiger partial charge in [-0.25, -0.2) is 8.42 Å². The summed E-state index contributed by atoms with van der Waals surface area (Å²) in [5.74, 6) is -0.428. The number of nitro groups is 2. The quantitative estimate of drug-likeness (QED) is 0.393. The summed E-state index contributed by atoms with van der Waals surface area (Å²) in [5, 5.41) is 28.3. The largest absolute Gasteiger partial charge is 0.360 e. The molecular formula is C18H15N5O8S. The van der Waals surface area contributed by atoms with Crippen LogP contribution in [-0.2, 0) is 10.0 Å². The fourth-order valence-corrected chi connectivity index (χ4v) is 3.71. The number of aromatic nitrogens is 1. The number of nitrogens with zero attached hydrogens (tertiary/aromatic N) is 3. The first-order chi connectivity index (χ1) is 15.0. The molecule has 0 saturated carbocycles. The molecule has 0 atom stereocenters. The fraction of sp³-hybridized carbons (Fsp3) is 0.111. The van der Waals surface area contributed by atoms with Crippen molar-refractivity contribution in [1.82, 2.24) is 5.16 Å². The first-order valence-corrected chi connectivity index (χ1v) is 10.3. The Bertz CT molecular complexity index is 1300. The van der Waals surface area contributed by atoms with Crippen LogP contribution in [0, 0.1) is 34.1 Å². The standard InChI is InChI=1S/C18H15N5O8S/c1-10-7-17(20-31-10)21-32(29,30)14-5-3-13(4-6-14)19-18(24)12-8-15(22(25)26)11(2)16(9-12)23(27)28/h3-9H,1-2H3,(H,19,24)(H,20,21). The summed E-state index contributed by atoms with van der Waals surface area (Å²) in [5.41, 5.74) is -1.45. The molecule has 0 bridgehead atoms. The molecule has 1 heterocycles. The zero-order valence-corrected chi connectivity index (χ0v) is 17.4. The maximum atomic E-state index is 12.5. The van der Waals surface area contributed by atoms with E-state index >= 15 is 0 Å². The molecular weight excluding hydrogens is 446 g/mol. The van der Waals surface area contributed by atoms with Gasteiger partial charge < -0.3 is 9.84 Å². The van der Waals surface area contributed by atoms with Crippen molar-refractivity contribution in [3.8, 4) is 0 Å². The number of carbonyl (C=O) groups excluding carboxylic acids is 1. The van der Waals surface area contributed by atoms with E-state index in [9.17, 15) is 33.4 Å². The summed E-state index contributed by atoms with van der Waals surface area (Å²) in [7, 11) is -3.97. The molecule has 13 nitrogen and oxygen atoms in total. The van der Waals surface area contributed by atoms with Crippen molar-refractivity contribution in [2.24, 2.45) is 0 Å². The van der Waals surface area contributed by atoms with Crippen molar-refractivity contribution in [3.63, 3.8) is 0 Å². The summed E-state index contributed by atoms with van der Waals surface area (Å²) in [6.07, 6.45) is 0. The van der Waals surface area contributed by atoms with Gasteiger partial charge in [0.25, 0.3) is 27.3 Å². The molecule has 0 radical (unpaired) electrons. The second-order valence-corrected chi connectivity index (χ2v) is 8.24. The lowest BCUT2D eigenvalue weighted by Crippen LogP contribution is -2.15. The van der Waals surface area contributed by atoms with Crippen LogP contribution in [0.5, 0.6) is 0 Å². The monoisotopic (exact) mass is 461 g/mol. The van der Waals surface area contributed by atoms with Crippen LogP contribution >= 0.6 is 0 Å². The van der Waals surface area contributed by atoms with Gasteiger partial charge in [-0.3, -0.25) is 29.7 Å². The maximum Gasteiger partial charge on any atom is 0.279 e. The molecule has 3 aromatic rings. The Morgan fingerprint density at radius 1 is 1.00 bits per heavy atom. The van der Waals surface area contributed by atoms with Crippen LogP contribution in [-0.4, -0.2) is 29.3 Å². The summed E-state index contributed by atoms with van der Waals surface area (Å²) < 4.78 is 31.8. The molecule has 32 heavy (non-hydrogen) atoms. The van der Waals surface area contributed by atoms with Crippen LogP contribution in [0.3, 0.4) is 0 Å². The van der Waals surface area contributed by atoms with E-state index in [1.807, 2.05) is 0 Å². The van der Waals surface area contributed by atoms with Crippen molar-refractivity contribution in [2.75, 3.05) is 10.0 Å². The molecule has 14 heteroatoms. The zero-order chi connectivity index (χ0) is 23.6. The van der Waals surface area contributed by atoms with Crippen molar-refractivity contribution in [3.05, 3.63) is 79.6 Å². The van der Waals surface area contributed by atoms with Crippen LogP contribution in [0.1, 0.15) is 21.7 Å². The topological polar surface area (TPSA) is 188 Å². The molecule has 2 N–H and O–H groups in total. The van der Waals surface area contributed by atoms with E-state index in [0.29, 0.717) is 5.76 Å². The molecule has 1 aromatic heterocycles. The molecule has 0 aliphatic rings. The normalized spacial score (nSPS) is 11.1. The Hall–Kier alpha value is -4.33. The van der Waals surface area contributed by atoms with Gasteiger partial charge in [-0.1, -0.05) is 5.16 Å². The highest BCUT2D eigenvalue weighted by Gasteiger charge is 2.25. The molecule has 166 valence electrons. The number of benzene rings is 2. The highest BCUT2D eigenvalue weighted by Crippen LogP contribution is 2.30. The molecule has 0 spiro atoms. The van der Waals surface area contributed by atoms with Gasteiger partial charge in [-0.2, -0.15) is 0 Å². The van der Waals surface area contributed by atoms with Gasteiger partial charge in [-0.15, -0.1) is 0 Å². The average molecular weight is 461 g/mol. The van der Waals surface area contributed by atoms with E-state index in [-0.39, 0.29) is 27.5 Å². The third-order valence-electron chi connectivity index (χ3n) is 4.30. The number of sulfonamides is 1. The second-order valence-electron chi connectivity index (χ2n) is 6.56. The molecule has 0 aliphatic heterocycles. The van der Waals surface area contributed by atoms with Crippen LogP contribution in [0.4, 0.5) is 22.9 Å². The number of nitrogens with one attached hydrogen (secondary N) is 2. The van der Waals surface area contributed by atoms with Gasteiger partial charge in [0.1, 0.15) is 11.3 Å². The van der Waals surface area contributed by atoms with Crippen LogP contribution in [0.15, 0.2) is 51.9 Å². The predicted octanol–water partition coefficient (Wildman–Crippen LogP) is 3.16. The molecule has 0 aliphatic carbocycles. The Labute approximate surface area is 180 Å². The van der Waals surface area contributed by atoms with Gasteiger partial charge in [0, 0.05) is 23.9 Å². The van der Waals surface area contributed by atoms with Crippen molar-refractivity contribution in [1.29, 1.82) is 0 Å². The number of amides is 1. The van der Waals surface area contributed by atoms with Crippen molar-refractivity contribution in [2.45, 2.75) is 18.7 Å². The summed E-state index contributed by atoms with van der Waals surface area (Å²) >= 11 is 0. The number of nitro benzene ring substituents is 2. The van der Waals surface area contributed by atoms with E-state index in [0.717, 1.165) is 12.1 Å². The van der Waals surface area contributed by atoms with E-state index in [2.05, 4.69) is 15.2 Å². The SMILES string of the molecule is Cc1cc(NS(=O)(=O)c2ccc(NC(=O)c3cc([N+](=O)[O-])c(C)c([N+](=O)[O-])c3)cc2)no1. The number of anilines is 2. The lowest BCUT2D eigenvalue weighted by Gasteiger charge is -2.08. The number of carbonyl (C=O) groups is 1. The average Bonchev–Trinajstić information content (AvgIpc) is 3.11. The number of hydrogen-bond donors (Lipinski definition) is 2. The second kappa shape index (κ2) is 8.43. The lowest BCUT2D eigenvalue weighted by molar-refractivity contribution is -0.395. The minimum absolute atomic E-state index is 0.00226. The van der Waals surface area contributed by atoms with E-state index in [4.69, 9.17) is 4.52 Å². The first-order valence-electron chi connectivity index (χ1n) is 8.79.